The Bertz CT molecular complexity index is 938. The Balaban J connectivity index is 2.01. The van der Waals surface area contributed by atoms with Crippen LogP contribution in [0.15, 0.2) is 53.0 Å². The van der Waals surface area contributed by atoms with Gasteiger partial charge in [-0.05, 0) is 46.3 Å². The fourth-order valence-corrected chi connectivity index (χ4v) is 2.62. The van der Waals surface area contributed by atoms with E-state index >= 15 is 0 Å². The molecule has 0 bridgehead atoms. The molecule has 0 saturated carbocycles. The zero-order valence-electron chi connectivity index (χ0n) is 12.4. The van der Waals surface area contributed by atoms with E-state index < -0.39 is 0 Å². The molecule has 1 heterocycles. The molecule has 7 heteroatoms. The Morgan fingerprint density at radius 3 is 2.46 bits per heavy atom. The van der Waals surface area contributed by atoms with Crippen molar-refractivity contribution in [2.45, 2.75) is 0 Å². The normalized spacial score (nSPS) is 10.2. The predicted octanol–water partition coefficient (Wildman–Crippen LogP) is 3.73. The molecule has 0 spiro atoms. The first-order chi connectivity index (χ1) is 11.6. The topological polar surface area (TPSA) is 111 Å². The molecule has 0 radical (unpaired) electrons. The van der Waals surface area contributed by atoms with Crippen LogP contribution < -0.4 is 16.2 Å². The molecular formula is C17H12BrN5O. The number of hydrogen-bond donors (Lipinski definition) is 2. The van der Waals surface area contributed by atoms with E-state index in [-0.39, 0.29) is 17.3 Å². The number of hydrogen-bond acceptors (Lipinski definition) is 6. The van der Waals surface area contributed by atoms with Gasteiger partial charge in [0.25, 0.3) is 0 Å². The zero-order valence-corrected chi connectivity index (χ0v) is 14.0. The fraction of sp³-hybridized carbons (Fsp3) is 0. The molecule has 0 aliphatic heterocycles. The average molecular weight is 382 g/mol. The van der Waals surface area contributed by atoms with Gasteiger partial charge in [-0.2, -0.15) is 10.2 Å². The molecule has 24 heavy (non-hydrogen) atoms. The Morgan fingerprint density at radius 1 is 1.04 bits per heavy atom. The highest BCUT2D eigenvalue weighted by molar-refractivity contribution is 9.10. The number of benzene rings is 2. The molecular weight excluding hydrogens is 370 g/mol. The van der Waals surface area contributed by atoms with Crippen LogP contribution in [0.1, 0.15) is 5.56 Å². The van der Waals surface area contributed by atoms with Gasteiger partial charge in [-0.15, -0.1) is 0 Å². The highest BCUT2D eigenvalue weighted by atomic mass is 79.9. The Hall–Kier alpha value is -3.11. The summed E-state index contributed by atoms with van der Waals surface area (Å²) in [5, 5.41) is 9.28. The molecule has 0 fully saturated rings. The molecule has 2 aromatic carbocycles. The SMILES string of the molecule is N#Cc1c(N)nc(N)nc1-c1ccc(Oc2ccccc2)c(Br)c1. The van der Waals surface area contributed by atoms with E-state index in [0.29, 0.717) is 21.5 Å². The lowest BCUT2D eigenvalue weighted by Gasteiger charge is -2.11. The predicted molar refractivity (Wildman–Crippen MR) is 95.2 cm³/mol. The molecule has 3 aromatic rings. The molecule has 3 rings (SSSR count). The minimum atomic E-state index is 0.0160. The van der Waals surface area contributed by atoms with E-state index in [2.05, 4.69) is 25.9 Å². The maximum absolute atomic E-state index is 9.28. The third-order valence-corrected chi connectivity index (χ3v) is 3.86. The van der Waals surface area contributed by atoms with Crippen LogP contribution in [-0.4, -0.2) is 9.97 Å². The number of aromatic nitrogens is 2. The number of para-hydroxylation sites is 1. The van der Waals surface area contributed by atoms with Gasteiger partial charge < -0.3 is 16.2 Å². The van der Waals surface area contributed by atoms with E-state index in [1.807, 2.05) is 36.4 Å². The van der Waals surface area contributed by atoms with Crippen LogP contribution in [-0.2, 0) is 0 Å². The minimum absolute atomic E-state index is 0.0160. The van der Waals surface area contributed by atoms with E-state index in [0.717, 1.165) is 5.75 Å². The summed E-state index contributed by atoms with van der Waals surface area (Å²) >= 11 is 3.47. The highest BCUT2D eigenvalue weighted by Gasteiger charge is 2.14. The summed E-state index contributed by atoms with van der Waals surface area (Å²) in [5.41, 5.74) is 12.6. The number of nitrogens with two attached hydrogens (primary N) is 2. The fourth-order valence-electron chi connectivity index (χ4n) is 2.16. The van der Waals surface area contributed by atoms with Gasteiger partial charge in [-0.25, -0.2) is 4.98 Å². The summed E-state index contributed by atoms with van der Waals surface area (Å²) in [7, 11) is 0. The van der Waals surface area contributed by atoms with Gasteiger partial charge >= 0.3 is 0 Å². The Labute approximate surface area is 146 Å². The second-order valence-corrected chi connectivity index (χ2v) is 5.72. The van der Waals surface area contributed by atoms with Crippen LogP contribution >= 0.6 is 15.9 Å². The molecule has 0 aliphatic carbocycles. The smallest absolute Gasteiger partial charge is 0.222 e. The number of ether oxygens (including phenoxy) is 1. The monoisotopic (exact) mass is 381 g/mol. The number of anilines is 2. The van der Waals surface area contributed by atoms with E-state index in [1.54, 1.807) is 18.2 Å². The van der Waals surface area contributed by atoms with Crippen molar-refractivity contribution in [3.63, 3.8) is 0 Å². The number of nitrogens with zero attached hydrogens (tertiary/aromatic N) is 3. The quantitative estimate of drug-likeness (QED) is 0.714. The summed E-state index contributed by atoms with van der Waals surface area (Å²) in [6, 6.07) is 16.8. The van der Waals surface area contributed by atoms with Gasteiger partial charge in [0, 0.05) is 5.56 Å². The highest BCUT2D eigenvalue weighted by Crippen LogP contribution is 2.34. The summed E-state index contributed by atoms with van der Waals surface area (Å²) < 4.78 is 6.52. The summed E-state index contributed by atoms with van der Waals surface area (Å²) in [6.07, 6.45) is 0. The first-order valence-electron chi connectivity index (χ1n) is 6.94. The molecule has 6 nitrogen and oxygen atoms in total. The van der Waals surface area contributed by atoms with Crippen molar-refractivity contribution in [3.8, 4) is 28.8 Å². The second kappa shape index (κ2) is 6.56. The van der Waals surface area contributed by atoms with Crippen LogP contribution in [0, 0.1) is 11.3 Å². The second-order valence-electron chi connectivity index (χ2n) is 4.86. The number of halogens is 1. The molecule has 1 aromatic heterocycles. The van der Waals surface area contributed by atoms with Crippen molar-refractivity contribution < 1.29 is 4.74 Å². The molecule has 0 atom stereocenters. The third kappa shape index (κ3) is 3.14. The summed E-state index contributed by atoms with van der Waals surface area (Å²) in [6.45, 7) is 0. The lowest BCUT2D eigenvalue weighted by molar-refractivity contribution is 0.480. The van der Waals surface area contributed by atoms with Crippen molar-refractivity contribution in [2.75, 3.05) is 11.5 Å². The van der Waals surface area contributed by atoms with Gasteiger partial charge in [0.15, 0.2) is 0 Å². The van der Waals surface area contributed by atoms with Gasteiger partial charge in [0.2, 0.25) is 5.95 Å². The van der Waals surface area contributed by atoms with Crippen molar-refractivity contribution >= 4 is 27.7 Å². The van der Waals surface area contributed by atoms with Crippen molar-refractivity contribution in [3.05, 3.63) is 58.6 Å². The molecule has 0 amide bonds. The van der Waals surface area contributed by atoms with E-state index in [4.69, 9.17) is 16.2 Å². The van der Waals surface area contributed by atoms with Gasteiger partial charge in [0.1, 0.15) is 28.9 Å². The lowest BCUT2D eigenvalue weighted by atomic mass is 10.1. The number of nitriles is 1. The summed E-state index contributed by atoms with van der Waals surface area (Å²) in [5.74, 6) is 1.43. The molecule has 0 unspecified atom stereocenters. The zero-order chi connectivity index (χ0) is 17.1. The maximum atomic E-state index is 9.28. The maximum Gasteiger partial charge on any atom is 0.222 e. The van der Waals surface area contributed by atoms with Gasteiger partial charge in [-0.3, -0.25) is 0 Å². The van der Waals surface area contributed by atoms with Crippen LogP contribution in [0.3, 0.4) is 0 Å². The first kappa shape index (κ1) is 15.8. The van der Waals surface area contributed by atoms with Crippen molar-refractivity contribution in [1.29, 1.82) is 5.26 Å². The number of rotatable bonds is 3. The first-order valence-corrected chi connectivity index (χ1v) is 7.73. The Kier molecular flexibility index (Phi) is 4.31. The summed E-state index contributed by atoms with van der Waals surface area (Å²) in [4.78, 5) is 7.94. The van der Waals surface area contributed by atoms with Crippen LogP contribution in [0.25, 0.3) is 11.3 Å². The van der Waals surface area contributed by atoms with Gasteiger partial charge in [0.05, 0.1) is 10.2 Å². The van der Waals surface area contributed by atoms with Crippen molar-refractivity contribution in [2.24, 2.45) is 0 Å². The molecule has 4 N–H and O–H groups in total. The van der Waals surface area contributed by atoms with E-state index in [1.165, 1.54) is 0 Å². The van der Waals surface area contributed by atoms with Crippen LogP contribution in [0.4, 0.5) is 11.8 Å². The Morgan fingerprint density at radius 2 is 1.79 bits per heavy atom. The number of nitrogen functional groups attached to an aromatic ring is 2. The molecule has 118 valence electrons. The standard InChI is InChI=1S/C17H12BrN5O/c18-13-8-10(15-12(9-19)16(20)23-17(21)22-15)6-7-14(13)24-11-4-2-1-3-5-11/h1-8H,(H4,20,21,22,23). The third-order valence-electron chi connectivity index (χ3n) is 3.24. The largest absolute Gasteiger partial charge is 0.456 e. The lowest BCUT2D eigenvalue weighted by Crippen LogP contribution is -2.05. The minimum Gasteiger partial charge on any atom is -0.456 e. The van der Waals surface area contributed by atoms with Crippen LogP contribution in [0.5, 0.6) is 11.5 Å². The van der Waals surface area contributed by atoms with Gasteiger partial charge in [-0.1, -0.05) is 18.2 Å². The molecule has 0 aliphatic rings. The van der Waals surface area contributed by atoms with Crippen LogP contribution in [0.2, 0.25) is 0 Å². The van der Waals surface area contributed by atoms with Crippen molar-refractivity contribution in [1.82, 2.24) is 9.97 Å². The van der Waals surface area contributed by atoms with E-state index in [9.17, 15) is 5.26 Å². The molecule has 0 saturated heterocycles. The average Bonchev–Trinajstić information content (AvgIpc) is 2.57.